The van der Waals surface area contributed by atoms with Gasteiger partial charge in [0.15, 0.2) is 5.43 Å². The van der Waals surface area contributed by atoms with E-state index in [0.717, 1.165) is 21.3 Å². The highest BCUT2D eigenvalue weighted by atomic mass is 79.9. The van der Waals surface area contributed by atoms with Crippen molar-refractivity contribution in [2.45, 2.75) is 19.9 Å². The molecule has 6 heteroatoms. The lowest BCUT2D eigenvalue weighted by molar-refractivity contribution is 0.0970. The second kappa shape index (κ2) is 6.92. The molecule has 0 unspecified atom stereocenters. The lowest BCUT2D eigenvalue weighted by atomic mass is 9.98. The summed E-state index contributed by atoms with van der Waals surface area (Å²) in [4.78, 5) is 33.1. The summed E-state index contributed by atoms with van der Waals surface area (Å²) in [6, 6.07) is 17.9. The Morgan fingerprint density at radius 3 is 2.57 bits per heavy atom. The second-order valence-corrected chi connectivity index (χ2v) is 8.36. The molecule has 30 heavy (non-hydrogen) atoms. The van der Waals surface area contributed by atoms with Crippen LogP contribution in [-0.2, 0) is 0 Å². The van der Waals surface area contributed by atoms with Gasteiger partial charge in [-0.15, -0.1) is 0 Å². The lowest BCUT2D eigenvalue weighted by Crippen LogP contribution is -2.30. The van der Waals surface area contributed by atoms with E-state index in [4.69, 9.17) is 4.42 Å². The highest BCUT2D eigenvalue weighted by molar-refractivity contribution is 9.10. The SMILES string of the molecule is Cc1ccc2oc3c(c(=O)c2c1)[C@@H](c1cccc(Br)c1)N(c1cccc(C)n1)C3=O. The smallest absolute Gasteiger partial charge is 0.296 e. The van der Waals surface area contributed by atoms with Crippen molar-refractivity contribution in [1.82, 2.24) is 4.98 Å². The van der Waals surface area contributed by atoms with Crippen LogP contribution in [-0.4, -0.2) is 10.9 Å². The van der Waals surface area contributed by atoms with Crippen molar-refractivity contribution < 1.29 is 9.21 Å². The molecule has 0 aliphatic carbocycles. The van der Waals surface area contributed by atoms with E-state index in [0.29, 0.717) is 22.4 Å². The zero-order chi connectivity index (χ0) is 21.0. The van der Waals surface area contributed by atoms with Crippen LogP contribution in [0.3, 0.4) is 0 Å². The van der Waals surface area contributed by atoms with Crippen molar-refractivity contribution in [2.24, 2.45) is 0 Å². The molecule has 0 radical (unpaired) electrons. The third-order valence-corrected chi connectivity index (χ3v) is 5.80. The number of anilines is 1. The van der Waals surface area contributed by atoms with Gasteiger partial charge in [-0.3, -0.25) is 14.5 Å². The van der Waals surface area contributed by atoms with Crippen LogP contribution in [0.1, 0.15) is 39.0 Å². The van der Waals surface area contributed by atoms with Gasteiger partial charge < -0.3 is 4.42 Å². The van der Waals surface area contributed by atoms with Crippen molar-refractivity contribution >= 4 is 38.6 Å². The fourth-order valence-electron chi connectivity index (χ4n) is 3.98. The molecule has 1 amide bonds. The van der Waals surface area contributed by atoms with Gasteiger partial charge in [0.25, 0.3) is 5.91 Å². The zero-order valence-electron chi connectivity index (χ0n) is 16.3. The number of benzene rings is 2. The molecule has 3 heterocycles. The number of carbonyl (C=O) groups excluding carboxylic acids is 1. The molecule has 4 aromatic rings. The van der Waals surface area contributed by atoms with Crippen LogP contribution in [0.25, 0.3) is 11.0 Å². The van der Waals surface area contributed by atoms with Crippen molar-refractivity contribution in [1.29, 1.82) is 0 Å². The summed E-state index contributed by atoms with van der Waals surface area (Å²) in [5.41, 5.74) is 3.10. The number of fused-ring (bicyclic) bond motifs is 2. The van der Waals surface area contributed by atoms with E-state index >= 15 is 0 Å². The molecular weight excluding hydrogens is 444 g/mol. The van der Waals surface area contributed by atoms with Crippen molar-refractivity contribution in [3.63, 3.8) is 0 Å². The summed E-state index contributed by atoms with van der Waals surface area (Å²) in [7, 11) is 0. The number of hydrogen-bond donors (Lipinski definition) is 0. The number of hydrogen-bond acceptors (Lipinski definition) is 4. The molecule has 1 atom stereocenters. The van der Waals surface area contributed by atoms with E-state index in [2.05, 4.69) is 20.9 Å². The van der Waals surface area contributed by atoms with Crippen LogP contribution in [0, 0.1) is 13.8 Å². The predicted molar refractivity (Wildman–Crippen MR) is 119 cm³/mol. The molecule has 0 saturated carbocycles. The first-order valence-electron chi connectivity index (χ1n) is 9.54. The van der Waals surface area contributed by atoms with E-state index in [1.165, 1.54) is 0 Å². The van der Waals surface area contributed by atoms with Crippen LogP contribution in [0.4, 0.5) is 5.82 Å². The first-order valence-corrected chi connectivity index (χ1v) is 10.3. The van der Waals surface area contributed by atoms with Gasteiger partial charge in [-0.05, 0) is 55.8 Å². The van der Waals surface area contributed by atoms with Gasteiger partial charge in [-0.2, -0.15) is 0 Å². The molecule has 1 aliphatic rings. The molecule has 0 saturated heterocycles. The zero-order valence-corrected chi connectivity index (χ0v) is 17.9. The van der Waals surface area contributed by atoms with Gasteiger partial charge in [0, 0.05) is 10.2 Å². The maximum absolute atomic E-state index is 13.6. The van der Waals surface area contributed by atoms with Crippen LogP contribution in [0.15, 0.2) is 74.3 Å². The van der Waals surface area contributed by atoms with Crippen molar-refractivity contribution in [3.05, 3.63) is 104 Å². The predicted octanol–water partition coefficient (Wildman–Crippen LogP) is 5.32. The fraction of sp³-hybridized carbons (Fsp3) is 0.125. The Morgan fingerprint density at radius 2 is 1.80 bits per heavy atom. The van der Waals surface area contributed by atoms with Gasteiger partial charge in [0.1, 0.15) is 11.4 Å². The molecule has 148 valence electrons. The average molecular weight is 461 g/mol. The number of aryl methyl sites for hydroxylation is 2. The third-order valence-electron chi connectivity index (χ3n) is 5.31. The summed E-state index contributed by atoms with van der Waals surface area (Å²) >= 11 is 3.50. The molecule has 0 bridgehead atoms. The minimum absolute atomic E-state index is 0.0737. The number of carbonyl (C=O) groups is 1. The Morgan fingerprint density at radius 1 is 1.00 bits per heavy atom. The number of nitrogens with zero attached hydrogens (tertiary/aromatic N) is 2. The second-order valence-electron chi connectivity index (χ2n) is 7.44. The molecule has 1 aliphatic heterocycles. The van der Waals surface area contributed by atoms with E-state index in [1.807, 2.05) is 56.3 Å². The molecule has 0 fully saturated rings. The van der Waals surface area contributed by atoms with Gasteiger partial charge in [0.2, 0.25) is 5.76 Å². The highest BCUT2D eigenvalue weighted by Gasteiger charge is 2.44. The van der Waals surface area contributed by atoms with Gasteiger partial charge in [0.05, 0.1) is 17.0 Å². The molecular formula is C24H17BrN2O3. The minimum atomic E-state index is -0.625. The molecule has 5 rings (SSSR count). The molecule has 0 spiro atoms. The van der Waals surface area contributed by atoms with Crippen molar-refractivity contribution in [2.75, 3.05) is 4.90 Å². The maximum atomic E-state index is 13.6. The van der Waals surface area contributed by atoms with E-state index in [1.54, 1.807) is 23.1 Å². The lowest BCUT2D eigenvalue weighted by Gasteiger charge is -2.24. The third kappa shape index (κ3) is 2.87. The quantitative estimate of drug-likeness (QED) is 0.406. The first-order chi connectivity index (χ1) is 14.4. The number of amides is 1. The largest absolute Gasteiger partial charge is 0.450 e. The summed E-state index contributed by atoms with van der Waals surface area (Å²) in [5.74, 6) is 0.188. The normalized spacial score (nSPS) is 15.6. The summed E-state index contributed by atoms with van der Waals surface area (Å²) in [5, 5.41) is 0.473. The van der Waals surface area contributed by atoms with Crippen LogP contribution < -0.4 is 10.3 Å². The monoisotopic (exact) mass is 460 g/mol. The summed E-state index contributed by atoms with van der Waals surface area (Å²) in [6.07, 6.45) is 0. The van der Waals surface area contributed by atoms with Crippen molar-refractivity contribution in [3.8, 4) is 0 Å². The first kappa shape index (κ1) is 18.8. The fourth-order valence-corrected chi connectivity index (χ4v) is 4.39. The number of rotatable bonds is 2. The number of halogens is 1. The van der Waals surface area contributed by atoms with Gasteiger partial charge in [-0.25, -0.2) is 4.98 Å². The standard InChI is InChI=1S/C24H17BrN2O3/c1-13-9-10-18-17(11-13)22(28)20-21(15-6-4-7-16(25)12-15)27(24(29)23(20)30-18)19-8-3-5-14(2)26-19/h3-12,21H,1-2H3/t21-/m1/s1. The molecule has 0 N–H and O–H groups in total. The Balaban J connectivity index is 1.84. The topological polar surface area (TPSA) is 63.4 Å². The highest BCUT2D eigenvalue weighted by Crippen LogP contribution is 2.41. The summed E-state index contributed by atoms with van der Waals surface area (Å²) in [6.45, 7) is 3.79. The minimum Gasteiger partial charge on any atom is -0.450 e. The van der Waals surface area contributed by atoms with Crippen LogP contribution in [0.2, 0.25) is 0 Å². The number of aromatic nitrogens is 1. The number of pyridine rings is 1. The average Bonchev–Trinajstić information content (AvgIpc) is 3.01. The van der Waals surface area contributed by atoms with E-state index in [-0.39, 0.29) is 17.1 Å². The van der Waals surface area contributed by atoms with Crippen LogP contribution in [0.5, 0.6) is 0 Å². The van der Waals surface area contributed by atoms with Gasteiger partial charge >= 0.3 is 0 Å². The Kier molecular flexibility index (Phi) is 4.33. The Hall–Kier alpha value is -3.25. The Labute approximate surface area is 181 Å². The van der Waals surface area contributed by atoms with Crippen LogP contribution >= 0.6 is 15.9 Å². The Bertz CT molecular complexity index is 1390. The van der Waals surface area contributed by atoms with Gasteiger partial charge in [-0.1, -0.05) is 45.8 Å². The molecule has 2 aromatic heterocycles. The molecule has 2 aromatic carbocycles. The maximum Gasteiger partial charge on any atom is 0.296 e. The molecule has 5 nitrogen and oxygen atoms in total. The van der Waals surface area contributed by atoms with E-state index < -0.39 is 6.04 Å². The van der Waals surface area contributed by atoms with E-state index in [9.17, 15) is 9.59 Å². The summed E-state index contributed by atoms with van der Waals surface area (Å²) < 4.78 is 6.85.